The van der Waals surface area contributed by atoms with Crippen LogP contribution in [0, 0.1) is 0 Å². The van der Waals surface area contributed by atoms with Crippen molar-refractivity contribution in [2.24, 2.45) is 0 Å². The largest absolute Gasteiger partial charge is 0.351 e. The van der Waals surface area contributed by atoms with Gasteiger partial charge in [0, 0.05) is 48.1 Å². The van der Waals surface area contributed by atoms with Crippen molar-refractivity contribution in [3.05, 3.63) is 47.6 Å². The molecule has 0 saturated carbocycles. The molecule has 0 radical (unpaired) electrons. The summed E-state index contributed by atoms with van der Waals surface area (Å²) < 4.78 is 0. The SMILES string of the molecule is C=CC[C@@H](NC(=O)c1cc2cc(Cl)ccc2[nH]1)C(=O)N1CCN(C2CCN(C)CC2)CC1.Cl. The summed E-state index contributed by atoms with van der Waals surface area (Å²) in [7, 11) is 2.17. The molecule has 0 unspecified atom stereocenters. The zero-order valence-corrected chi connectivity index (χ0v) is 20.6. The number of likely N-dealkylation sites (tertiary alicyclic amines) is 1. The maximum absolute atomic E-state index is 13.2. The average molecular weight is 494 g/mol. The predicted octanol–water partition coefficient (Wildman–Crippen LogP) is 3.16. The van der Waals surface area contributed by atoms with E-state index in [0.29, 0.717) is 36.3 Å². The Morgan fingerprint density at radius 1 is 1.18 bits per heavy atom. The van der Waals surface area contributed by atoms with Gasteiger partial charge in [-0.25, -0.2) is 0 Å². The molecule has 2 fully saturated rings. The van der Waals surface area contributed by atoms with Crippen LogP contribution in [0.1, 0.15) is 29.8 Å². The molecule has 33 heavy (non-hydrogen) atoms. The van der Waals surface area contributed by atoms with Crippen LogP contribution >= 0.6 is 24.0 Å². The van der Waals surface area contributed by atoms with Crippen LogP contribution in [0.4, 0.5) is 0 Å². The number of rotatable bonds is 6. The van der Waals surface area contributed by atoms with Gasteiger partial charge in [-0.2, -0.15) is 0 Å². The number of nitrogens with one attached hydrogen (secondary N) is 2. The molecule has 1 aromatic carbocycles. The lowest BCUT2D eigenvalue weighted by molar-refractivity contribution is -0.135. The van der Waals surface area contributed by atoms with E-state index >= 15 is 0 Å². The van der Waals surface area contributed by atoms with Crippen LogP contribution in [0.25, 0.3) is 10.9 Å². The third-order valence-corrected chi connectivity index (χ3v) is 6.90. The van der Waals surface area contributed by atoms with E-state index in [9.17, 15) is 9.59 Å². The first-order valence-corrected chi connectivity index (χ1v) is 11.7. The van der Waals surface area contributed by atoms with Crippen molar-refractivity contribution in [1.82, 2.24) is 25.0 Å². The summed E-state index contributed by atoms with van der Waals surface area (Å²) in [6, 6.07) is 7.17. The fourth-order valence-electron chi connectivity index (χ4n) is 4.74. The smallest absolute Gasteiger partial charge is 0.268 e. The van der Waals surface area contributed by atoms with Gasteiger partial charge >= 0.3 is 0 Å². The number of fused-ring (bicyclic) bond motifs is 1. The van der Waals surface area contributed by atoms with Gasteiger partial charge in [0.05, 0.1) is 0 Å². The molecule has 9 heteroatoms. The van der Waals surface area contributed by atoms with Crippen LogP contribution in [0.3, 0.4) is 0 Å². The number of piperidine rings is 1. The van der Waals surface area contributed by atoms with Gasteiger partial charge in [0.25, 0.3) is 5.91 Å². The molecule has 180 valence electrons. The lowest BCUT2D eigenvalue weighted by atomic mass is 10.0. The zero-order valence-electron chi connectivity index (χ0n) is 19.1. The molecule has 1 atom stereocenters. The van der Waals surface area contributed by atoms with Crippen LogP contribution in [0.5, 0.6) is 0 Å². The minimum absolute atomic E-state index is 0. The van der Waals surface area contributed by atoms with Gasteiger partial charge in [0.2, 0.25) is 5.91 Å². The third-order valence-electron chi connectivity index (χ3n) is 6.66. The van der Waals surface area contributed by atoms with E-state index in [4.69, 9.17) is 11.6 Å². The zero-order chi connectivity index (χ0) is 22.7. The Hall–Kier alpha value is -2.06. The molecule has 2 aromatic rings. The van der Waals surface area contributed by atoms with Gasteiger partial charge in [-0.1, -0.05) is 17.7 Å². The van der Waals surface area contributed by atoms with E-state index in [0.717, 1.165) is 37.1 Å². The highest BCUT2D eigenvalue weighted by molar-refractivity contribution is 6.31. The number of hydrogen-bond donors (Lipinski definition) is 2. The van der Waals surface area contributed by atoms with E-state index in [-0.39, 0.29) is 24.2 Å². The summed E-state index contributed by atoms with van der Waals surface area (Å²) in [6.07, 6.45) is 4.46. The molecule has 2 N–H and O–H groups in total. The second-order valence-corrected chi connectivity index (χ2v) is 9.30. The summed E-state index contributed by atoms with van der Waals surface area (Å²) in [5, 5.41) is 4.38. The van der Waals surface area contributed by atoms with E-state index in [1.807, 2.05) is 11.0 Å². The molecule has 2 saturated heterocycles. The van der Waals surface area contributed by atoms with Gasteiger partial charge in [0.1, 0.15) is 11.7 Å². The number of carbonyl (C=O) groups excluding carboxylic acids is 2. The van der Waals surface area contributed by atoms with Crippen LogP contribution < -0.4 is 5.32 Å². The number of piperazine rings is 1. The van der Waals surface area contributed by atoms with Gasteiger partial charge < -0.3 is 20.1 Å². The molecule has 0 aliphatic carbocycles. The Kier molecular flexibility index (Phi) is 8.82. The number of halogens is 2. The van der Waals surface area contributed by atoms with Crippen LogP contribution in [-0.4, -0.2) is 89.9 Å². The summed E-state index contributed by atoms with van der Waals surface area (Å²) in [5.74, 6) is -0.345. The van der Waals surface area contributed by atoms with E-state index in [1.54, 1.807) is 24.3 Å². The van der Waals surface area contributed by atoms with Crippen molar-refractivity contribution >= 4 is 46.7 Å². The molecule has 2 aliphatic rings. The lowest BCUT2D eigenvalue weighted by Crippen LogP contribution is -2.57. The number of amides is 2. The maximum atomic E-state index is 13.2. The van der Waals surface area contributed by atoms with Gasteiger partial charge in [-0.15, -0.1) is 19.0 Å². The molecule has 2 aliphatic heterocycles. The van der Waals surface area contributed by atoms with Crippen molar-refractivity contribution in [2.45, 2.75) is 31.3 Å². The van der Waals surface area contributed by atoms with Gasteiger partial charge in [0.15, 0.2) is 0 Å². The van der Waals surface area contributed by atoms with E-state index < -0.39 is 6.04 Å². The average Bonchev–Trinajstić information content (AvgIpc) is 3.22. The molecular weight excluding hydrogens is 461 g/mol. The Morgan fingerprint density at radius 2 is 1.88 bits per heavy atom. The minimum atomic E-state index is -0.620. The summed E-state index contributed by atoms with van der Waals surface area (Å²) >= 11 is 6.05. The second-order valence-electron chi connectivity index (χ2n) is 8.86. The molecular formula is C24H33Cl2N5O2. The number of benzene rings is 1. The molecule has 2 amide bonds. The highest BCUT2D eigenvalue weighted by Gasteiger charge is 2.31. The normalized spacial score (nSPS) is 19.2. The fraction of sp³-hybridized carbons (Fsp3) is 0.500. The molecule has 7 nitrogen and oxygen atoms in total. The van der Waals surface area contributed by atoms with Crippen LogP contribution in [0.15, 0.2) is 36.9 Å². The van der Waals surface area contributed by atoms with Crippen molar-refractivity contribution in [3.8, 4) is 0 Å². The quantitative estimate of drug-likeness (QED) is 0.606. The Bertz CT molecular complexity index is 978. The Balaban J connectivity index is 0.00000306. The first-order chi connectivity index (χ1) is 15.4. The topological polar surface area (TPSA) is 71.7 Å². The molecule has 0 spiro atoms. The van der Waals surface area contributed by atoms with Gasteiger partial charge in [-0.3, -0.25) is 14.5 Å². The van der Waals surface area contributed by atoms with Crippen molar-refractivity contribution < 1.29 is 9.59 Å². The second kappa shape index (κ2) is 11.4. The standard InChI is InChI=1S/C24H32ClN5O2.ClH/c1-3-4-21(27-23(31)22-16-17-15-18(25)5-6-20(17)26-22)24(32)30-13-11-29(12-14-30)19-7-9-28(2)10-8-19;/h3,5-6,15-16,19,21,26H,1,4,7-14H2,2H3,(H,27,31);1H/t21-;/m1./s1. The summed E-state index contributed by atoms with van der Waals surface area (Å²) in [4.78, 5) is 36.0. The third kappa shape index (κ3) is 6.09. The van der Waals surface area contributed by atoms with Crippen molar-refractivity contribution in [1.29, 1.82) is 0 Å². The van der Waals surface area contributed by atoms with Crippen LogP contribution in [0.2, 0.25) is 5.02 Å². The summed E-state index contributed by atoms with van der Waals surface area (Å²) in [6.45, 7) is 9.21. The van der Waals surface area contributed by atoms with E-state index in [1.165, 1.54) is 12.8 Å². The maximum Gasteiger partial charge on any atom is 0.268 e. The predicted molar refractivity (Wildman–Crippen MR) is 135 cm³/mol. The number of H-pyrrole nitrogens is 1. The number of aromatic amines is 1. The Labute approximate surface area is 206 Å². The number of carbonyl (C=O) groups is 2. The molecule has 1 aromatic heterocycles. The first-order valence-electron chi connectivity index (χ1n) is 11.4. The molecule has 4 rings (SSSR count). The Morgan fingerprint density at radius 3 is 2.55 bits per heavy atom. The minimum Gasteiger partial charge on any atom is -0.351 e. The first kappa shape index (κ1) is 25.6. The fourth-order valence-corrected chi connectivity index (χ4v) is 4.92. The highest BCUT2D eigenvalue weighted by Crippen LogP contribution is 2.21. The molecule has 3 heterocycles. The summed E-state index contributed by atoms with van der Waals surface area (Å²) in [5.41, 5.74) is 1.24. The number of aromatic nitrogens is 1. The van der Waals surface area contributed by atoms with E-state index in [2.05, 4.69) is 33.7 Å². The molecule has 0 bridgehead atoms. The van der Waals surface area contributed by atoms with Crippen LogP contribution in [-0.2, 0) is 4.79 Å². The lowest BCUT2D eigenvalue weighted by Gasteiger charge is -2.42. The number of nitrogens with zero attached hydrogens (tertiary/aromatic N) is 3. The monoisotopic (exact) mass is 493 g/mol. The number of hydrogen-bond acceptors (Lipinski definition) is 4. The highest BCUT2D eigenvalue weighted by atomic mass is 35.5. The van der Waals surface area contributed by atoms with Gasteiger partial charge in [-0.05, 0) is 63.7 Å². The van der Waals surface area contributed by atoms with Crippen molar-refractivity contribution in [3.63, 3.8) is 0 Å². The van der Waals surface area contributed by atoms with Crippen molar-refractivity contribution in [2.75, 3.05) is 46.3 Å².